The molecule has 1 saturated heterocycles. The van der Waals surface area contributed by atoms with Crippen LogP contribution in [0.1, 0.15) is 58.8 Å². The van der Waals surface area contributed by atoms with Gasteiger partial charge in [0.05, 0.1) is 0 Å². The monoisotopic (exact) mass is 385 g/mol. The largest absolute Gasteiger partial charge is 0.344 e. The van der Waals surface area contributed by atoms with Crippen molar-refractivity contribution in [2.45, 2.75) is 64.8 Å². The van der Waals surface area contributed by atoms with Crippen molar-refractivity contribution in [2.24, 2.45) is 11.8 Å². The highest BCUT2D eigenvalue weighted by atomic mass is 16.2. The molecule has 1 saturated carbocycles. The lowest BCUT2D eigenvalue weighted by Crippen LogP contribution is -2.49. The minimum absolute atomic E-state index is 0.00329. The van der Waals surface area contributed by atoms with Crippen molar-refractivity contribution >= 4 is 29.1 Å². The molecule has 1 atom stereocenters. The fraction of sp³-hybridized carbons (Fsp3) is 0.591. The normalized spacial score (nSPS) is 19.0. The average molecular weight is 386 g/mol. The predicted molar refractivity (Wildman–Crippen MR) is 110 cm³/mol. The van der Waals surface area contributed by atoms with E-state index in [1.54, 1.807) is 17.0 Å². The Morgan fingerprint density at radius 2 is 1.71 bits per heavy atom. The van der Waals surface area contributed by atoms with E-state index in [9.17, 15) is 14.4 Å². The van der Waals surface area contributed by atoms with E-state index in [0.29, 0.717) is 12.1 Å². The Morgan fingerprint density at radius 1 is 1.04 bits per heavy atom. The topological polar surface area (TPSA) is 78.5 Å². The number of nitrogens with one attached hydrogen (secondary N) is 2. The first-order valence-corrected chi connectivity index (χ1v) is 10.5. The van der Waals surface area contributed by atoms with Crippen LogP contribution < -0.4 is 15.5 Å². The van der Waals surface area contributed by atoms with E-state index in [2.05, 4.69) is 10.6 Å². The van der Waals surface area contributed by atoms with E-state index < -0.39 is 6.04 Å². The molecule has 2 aliphatic rings. The lowest BCUT2D eigenvalue weighted by atomic mass is 9.88. The molecule has 3 amide bonds. The molecule has 1 heterocycles. The maximum atomic E-state index is 12.8. The molecule has 1 aliphatic heterocycles. The summed E-state index contributed by atoms with van der Waals surface area (Å²) in [6.07, 6.45) is 6.66. The van der Waals surface area contributed by atoms with Crippen molar-refractivity contribution in [3.63, 3.8) is 0 Å². The third kappa shape index (κ3) is 4.91. The van der Waals surface area contributed by atoms with Gasteiger partial charge >= 0.3 is 0 Å². The molecular formula is C22H31N3O3. The molecule has 0 aromatic heterocycles. The van der Waals surface area contributed by atoms with Crippen molar-refractivity contribution < 1.29 is 14.4 Å². The van der Waals surface area contributed by atoms with E-state index >= 15 is 0 Å². The minimum atomic E-state index is -0.561. The Bertz CT molecular complexity index is 708. The van der Waals surface area contributed by atoms with Crippen molar-refractivity contribution in [3.8, 4) is 0 Å². The lowest BCUT2D eigenvalue weighted by molar-refractivity contribution is -0.130. The molecule has 2 fully saturated rings. The van der Waals surface area contributed by atoms with Crippen LogP contribution in [-0.4, -0.2) is 30.3 Å². The number of hydrogen-bond donors (Lipinski definition) is 2. The van der Waals surface area contributed by atoms with Gasteiger partial charge in [0.25, 0.3) is 0 Å². The molecule has 6 heteroatoms. The number of hydrogen-bond acceptors (Lipinski definition) is 3. The fourth-order valence-electron chi connectivity index (χ4n) is 4.04. The van der Waals surface area contributed by atoms with Gasteiger partial charge in [-0.3, -0.25) is 14.4 Å². The lowest BCUT2D eigenvalue weighted by Gasteiger charge is -2.26. The number of anilines is 2. The van der Waals surface area contributed by atoms with E-state index in [0.717, 1.165) is 44.3 Å². The van der Waals surface area contributed by atoms with Gasteiger partial charge < -0.3 is 15.5 Å². The zero-order valence-electron chi connectivity index (χ0n) is 16.9. The molecule has 1 aromatic carbocycles. The molecule has 6 nitrogen and oxygen atoms in total. The number of amides is 3. The maximum Gasteiger partial charge on any atom is 0.247 e. The molecule has 0 radical (unpaired) electrons. The average Bonchev–Trinajstić information content (AvgIpc) is 3.12. The highest BCUT2D eigenvalue weighted by Gasteiger charge is 2.29. The van der Waals surface area contributed by atoms with Gasteiger partial charge in [-0.2, -0.15) is 0 Å². The first kappa shape index (κ1) is 20.4. The van der Waals surface area contributed by atoms with E-state index in [1.807, 2.05) is 26.0 Å². The highest BCUT2D eigenvalue weighted by Crippen LogP contribution is 2.25. The van der Waals surface area contributed by atoms with Crippen LogP contribution in [0.15, 0.2) is 24.3 Å². The number of benzene rings is 1. The molecule has 1 aromatic rings. The standard InChI is InChI=1S/C22H31N3O3/c1-15(2)20(24-21(27)16-7-4-3-5-8-16)22(28)23-17-10-12-18(13-11-17)25-14-6-9-19(25)26/h10-13,15-16,20H,3-9,14H2,1-2H3,(H,23,28)(H,24,27). The summed E-state index contributed by atoms with van der Waals surface area (Å²) >= 11 is 0. The third-order valence-corrected chi connectivity index (χ3v) is 5.74. The summed E-state index contributed by atoms with van der Waals surface area (Å²) in [5, 5.41) is 5.87. The predicted octanol–water partition coefficient (Wildman–Crippen LogP) is 3.47. The van der Waals surface area contributed by atoms with Gasteiger partial charge in [0, 0.05) is 30.3 Å². The van der Waals surface area contributed by atoms with Gasteiger partial charge in [-0.15, -0.1) is 0 Å². The van der Waals surface area contributed by atoms with Crippen LogP contribution in [0, 0.1) is 11.8 Å². The van der Waals surface area contributed by atoms with Crippen molar-refractivity contribution in [2.75, 3.05) is 16.8 Å². The number of carbonyl (C=O) groups is 3. The summed E-state index contributed by atoms with van der Waals surface area (Å²) in [6.45, 7) is 4.62. The molecule has 1 aliphatic carbocycles. The van der Waals surface area contributed by atoms with Crippen molar-refractivity contribution in [3.05, 3.63) is 24.3 Å². The second-order valence-electron chi connectivity index (χ2n) is 8.25. The van der Waals surface area contributed by atoms with Gasteiger partial charge in [0.1, 0.15) is 6.04 Å². The van der Waals surface area contributed by atoms with Gasteiger partial charge in [0.15, 0.2) is 0 Å². The fourth-order valence-corrected chi connectivity index (χ4v) is 4.04. The van der Waals surface area contributed by atoms with Gasteiger partial charge in [0.2, 0.25) is 17.7 Å². The van der Waals surface area contributed by atoms with Gasteiger partial charge in [-0.1, -0.05) is 33.1 Å². The molecular weight excluding hydrogens is 354 g/mol. The van der Waals surface area contributed by atoms with Crippen LogP contribution in [0.2, 0.25) is 0 Å². The molecule has 3 rings (SSSR count). The number of nitrogens with zero attached hydrogens (tertiary/aromatic N) is 1. The van der Waals surface area contributed by atoms with Gasteiger partial charge in [-0.05, 0) is 49.4 Å². The molecule has 1 unspecified atom stereocenters. The number of rotatable bonds is 6. The molecule has 152 valence electrons. The molecule has 0 spiro atoms. The van der Waals surface area contributed by atoms with Crippen LogP contribution in [0.25, 0.3) is 0 Å². The third-order valence-electron chi connectivity index (χ3n) is 5.74. The van der Waals surface area contributed by atoms with E-state index in [4.69, 9.17) is 0 Å². The van der Waals surface area contributed by atoms with E-state index in [-0.39, 0.29) is 29.6 Å². The summed E-state index contributed by atoms with van der Waals surface area (Å²) in [7, 11) is 0. The Labute approximate surface area is 167 Å². The van der Waals surface area contributed by atoms with Gasteiger partial charge in [-0.25, -0.2) is 0 Å². The van der Waals surface area contributed by atoms with Crippen LogP contribution in [0.4, 0.5) is 11.4 Å². The summed E-state index contributed by atoms with van der Waals surface area (Å²) in [5.74, 6) is -0.0446. The Kier molecular flexibility index (Phi) is 6.70. The SMILES string of the molecule is CC(C)C(NC(=O)C1CCCCC1)C(=O)Nc1ccc(N2CCCC2=O)cc1. The maximum absolute atomic E-state index is 12.8. The Morgan fingerprint density at radius 3 is 2.29 bits per heavy atom. The van der Waals surface area contributed by atoms with E-state index in [1.165, 1.54) is 6.42 Å². The van der Waals surface area contributed by atoms with Crippen LogP contribution in [-0.2, 0) is 14.4 Å². The first-order chi connectivity index (χ1) is 13.5. The minimum Gasteiger partial charge on any atom is -0.344 e. The molecule has 0 bridgehead atoms. The van der Waals surface area contributed by atoms with Crippen LogP contribution in [0.3, 0.4) is 0 Å². The van der Waals surface area contributed by atoms with Crippen LogP contribution in [0.5, 0.6) is 0 Å². The quantitative estimate of drug-likeness (QED) is 0.787. The molecule has 28 heavy (non-hydrogen) atoms. The zero-order chi connectivity index (χ0) is 20.1. The van der Waals surface area contributed by atoms with Crippen molar-refractivity contribution in [1.29, 1.82) is 0 Å². The second kappa shape index (κ2) is 9.22. The molecule has 2 N–H and O–H groups in total. The Hall–Kier alpha value is -2.37. The second-order valence-corrected chi connectivity index (χ2v) is 8.25. The Balaban J connectivity index is 1.60. The van der Waals surface area contributed by atoms with Crippen LogP contribution >= 0.6 is 0 Å². The van der Waals surface area contributed by atoms with Crippen molar-refractivity contribution in [1.82, 2.24) is 5.32 Å². The summed E-state index contributed by atoms with van der Waals surface area (Å²) in [6, 6.07) is 6.75. The zero-order valence-corrected chi connectivity index (χ0v) is 16.9. The number of carbonyl (C=O) groups excluding carboxylic acids is 3. The summed E-state index contributed by atoms with van der Waals surface area (Å²) in [5.41, 5.74) is 1.52. The smallest absolute Gasteiger partial charge is 0.247 e. The first-order valence-electron chi connectivity index (χ1n) is 10.5. The summed E-state index contributed by atoms with van der Waals surface area (Å²) < 4.78 is 0. The summed E-state index contributed by atoms with van der Waals surface area (Å²) in [4.78, 5) is 39.0. The highest BCUT2D eigenvalue weighted by molar-refractivity contribution is 5.98.